The Labute approximate surface area is 259 Å². The molecule has 1 aliphatic rings. The Morgan fingerprint density at radius 3 is 2.14 bits per heavy atom. The van der Waals surface area contributed by atoms with Crippen molar-refractivity contribution in [2.75, 3.05) is 23.8 Å². The molecule has 8 heteroatoms. The van der Waals surface area contributed by atoms with Crippen LogP contribution in [0.15, 0.2) is 42.0 Å². The summed E-state index contributed by atoms with van der Waals surface area (Å²) in [5, 5.41) is 17.8. The van der Waals surface area contributed by atoms with E-state index < -0.39 is 0 Å². The zero-order valence-electron chi connectivity index (χ0n) is 27.5. The number of anilines is 2. The van der Waals surface area contributed by atoms with Gasteiger partial charge in [-0.3, -0.25) is 4.99 Å². The number of thiazole rings is 1. The van der Waals surface area contributed by atoms with Gasteiger partial charge in [0, 0.05) is 24.2 Å². The second kappa shape index (κ2) is 19.2. The molecular formula is C34H54N6OS. The van der Waals surface area contributed by atoms with E-state index in [4.69, 9.17) is 15.0 Å². The number of hydrogen-bond acceptors (Lipinski definition) is 8. The molecule has 0 aliphatic heterocycles. The summed E-state index contributed by atoms with van der Waals surface area (Å²) in [7, 11) is 0. The minimum atomic E-state index is -0.0870. The van der Waals surface area contributed by atoms with Crippen LogP contribution in [-0.4, -0.2) is 39.9 Å². The number of aliphatic hydroxyl groups excluding tert-OH is 1. The quantitative estimate of drug-likeness (QED) is 0.181. The third-order valence-electron chi connectivity index (χ3n) is 7.05. The summed E-state index contributed by atoms with van der Waals surface area (Å²) < 4.78 is 0. The van der Waals surface area contributed by atoms with Gasteiger partial charge in [0.25, 0.3) is 0 Å². The molecule has 42 heavy (non-hydrogen) atoms. The molecule has 1 aliphatic carbocycles. The van der Waals surface area contributed by atoms with Crippen molar-refractivity contribution in [3.63, 3.8) is 0 Å². The van der Waals surface area contributed by atoms with E-state index in [-0.39, 0.29) is 12.1 Å². The number of rotatable bonds is 12. The van der Waals surface area contributed by atoms with Crippen molar-refractivity contribution in [3.8, 4) is 10.6 Å². The lowest BCUT2D eigenvalue weighted by molar-refractivity contribution is 0.217. The minimum absolute atomic E-state index is 0.0870. The Kier molecular flexibility index (Phi) is 16.8. The lowest BCUT2D eigenvalue weighted by Gasteiger charge is -2.21. The molecule has 1 saturated carbocycles. The Balaban J connectivity index is 0.000000998. The number of aliphatic imine (C=N–C) groups is 1. The molecule has 4 rings (SSSR count). The first-order chi connectivity index (χ1) is 20.3. The van der Waals surface area contributed by atoms with E-state index in [0.29, 0.717) is 11.9 Å². The van der Waals surface area contributed by atoms with E-state index in [0.717, 1.165) is 66.4 Å². The number of aromatic nitrogens is 3. The average Bonchev–Trinajstić information content (AvgIpc) is 3.70. The van der Waals surface area contributed by atoms with Crippen LogP contribution in [-0.2, 0) is 12.0 Å². The molecule has 0 spiro atoms. The molecule has 3 aromatic rings. The van der Waals surface area contributed by atoms with Crippen molar-refractivity contribution in [2.45, 2.75) is 100.0 Å². The fourth-order valence-electron chi connectivity index (χ4n) is 4.39. The highest BCUT2D eigenvalue weighted by molar-refractivity contribution is 7.15. The number of aliphatic hydroxyl groups is 1. The Hall–Kier alpha value is -3.10. The molecule has 1 atom stereocenters. The predicted octanol–water partition coefficient (Wildman–Crippen LogP) is 8.89. The molecule has 7 nitrogen and oxygen atoms in total. The number of aryl methyl sites for hydroxylation is 4. The maximum absolute atomic E-state index is 9.59. The Morgan fingerprint density at radius 2 is 1.67 bits per heavy atom. The molecule has 1 aromatic carbocycles. The van der Waals surface area contributed by atoms with E-state index in [2.05, 4.69) is 80.9 Å². The van der Waals surface area contributed by atoms with Crippen LogP contribution >= 0.6 is 11.3 Å². The van der Waals surface area contributed by atoms with Gasteiger partial charge in [-0.2, -0.15) is 4.98 Å². The molecule has 0 amide bonds. The van der Waals surface area contributed by atoms with Crippen LogP contribution in [0.5, 0.6) is 0 Å². The zero-order chi connectivity index (χ0) is 31.7. The molecule has 232 valence electrons. The van der Waals surface area contributed by atoms with Crippen LogP contribution < -0.4 is 10.6 Å². The van der Waals surface area contributed by atoms with Gasteiger partial charge in [-0.15, -0.1) is 11.3 Å². The molecule has 2 aromatic heterocycles. The summed E-state index contributed by atoms with van der Waals surface area (Å²) in [6.45, 7) is 25.9. The highest BCUT2D eigenvalue weighted by Crippen LogP contribution is 2.48. The second-order valence-corrected chi connectivity index (χ2v) is 11.0. The molecule has 0 bridgehead atoms. The van der Waals surface area contributed by atoms with Gasteiger partial charge < -0.3 is 15.7 Å². The molecule has 2 heterocycles. The van der Waals surface area contributed by atoms with E-state index >= 15 is 0 Å². The van der Waals surface area contributed by atoms with Crippen molar-refractivity contribution >= 4 is 29.8 Å². The highest BCUT2D eigenvalue weighted by Gasteiger charge is 2.45. The number of benzene rings is 1. The van der Waals surface area contributed by atoms with Gasteiger partial charge in [0.05, 0.1) is 22.5 Å². The van der Waals surface area contributed by atoms with Gasteiger partial charge in [-0.1, -0.05) is 84.4 Å². The van der Waals surface area contributed by atoms with E-state index in [9.17, 15) is 5.11 Å². The van der Waals surface area contributed by atoms with Crippen LogP contribution in [0, 0.1) is 26.7 Å². The van der Waals surface area contributed by atoms with Crippen molar-refractivity contribution in [2.24, 2.45) is 10.9 Å². The number of nitrogens with zero attached hydrogens (tertiary/aromatic N) is 4. The first-order valence-corrected chi connectivity index (χ1v) is 16.2. The van der Waals surface area contributed by atoms with Gasteiger partial charge >= 0.3 is 0 Å². The fraction of sp³-hybridized carbons (Fsp3) is 0.529. The topological polar surface area (TPSA) is 95.3 Å². The largest absolute Gasteiger partial charge is 0.396 e. The van der Waals surface area contributed by atoms with Crippen LogP contribution in [0.3, 0.4) is 0 Å². The van der Waals surface area contributed by atoms with E-state index in [1.165, 1.54) is 22.2 Å². The highest BCUT2D eigenvalue weighted by atomic mass is 32.1. The molecular weight excluding hydrogens is 540 g/mol. The lowest BCUT2D eigenvalue weighted by Crippen LogP contribution is -2.21. The third-order valence-corrected chi connectivity index (χ3v) is 8.08. The van der Waals surface area contributed by atoms with Crippen molar-refractivity contribution < 1.29 is 5.11 Å². The Morgan fingerprint density at radius 1 is 1.05 bits per heavy atom. The van der Waals surface area contributed by atoms with Gasteiger partial charge in [-0.25, -0.2) is 9.97 Å². The second-order valence-electron chi connectivity index (χ2n) is 9.84. The van der Waals surface area contributed by atoms with Crippen molar-refractivity contribution in [3.05, 3.63) is 64.4 Å². The SMILES string of the molecule is C=CN=C.CC.CC.CCc1nc(-c2c(C)nc(NC3(c4ccc(C)cc4)CC3)nc2NCCC(CC)CO)sc1C. The van der Waals surface area contributed by atoms with Crippen LogP contribution in [0.2, 0.25) is 0 Å². The number of nitrogens with one attached hydrogen (secondary N) is 2. The third kappa shape index (κ3) is 10.3. The maximum atomic E-state index is 9.59. The summed E-state index contributed by atoms with van der Waals surface area (Å²) in [6, 6.07) is 8.75. The average molecular weight is 595 g/mol. The normalized spacial score (nSPS) is 13.1. The molecule has 1 unspecified atom stereocenters. The summed E-state index contributed by atoms with van der Waals surface area (Å²) in [5.41, 5.74) is 5.50. The fourth-order valence-corrected chi connectivity index (χ4v) is 5.49. The van der Waals surface area contributed by atoms with Gasteiger partial charge in [0.2, 0.25) is 5.95 Å². The zero-order valence-corrected chi connectivity index (χ0v) is 28.3. The molecule has 0 saturated heterocycles. The smallest absolute Gasteiger partial charge is 0.225 e. The summed E-state index contributed by atoms with van der Waals surface area (Å²) in [6.07, 6.45) is 6.30. The summed E-state index contributed by atoms with van der Waals surface area (Å²) in [4.78, 5) is 19.2. The molecule has 0 radical (unpaired) electrons. The van der Waals surface area contributed by atoms with Gasteiger partial charge in [0.1, 0.15) is 10.8 Å². The van der Waals surface area contributed by atoms with Crippen LogP contribution in [0.1, 0.15) is 94.6 Å². The lowest BCUT2D eigenvalue weighted by atomic mass is 10.0. The van der Waals surface area contributed by atoms with Crippen molar-refractivity contribution in [1.82, 2.24) is 15.0 Å². The van der Waals surface area contributed by atoms with E-state index in [1.807, 2.05) is 34.6 Å². The van der Waals surface area contributed by atoms with Crippen molar-refractivity contribution in [1.29, 1.82) is 0 Å². The van der Waals surface area contributed by atoms with Crippen LogP contribution in [0.25, 0.3) is 10.6 Å². The van der Waals surface area contributed by atoms with Gasteiger partial charge in [0.15, 0.2) is 0 Å². The van der Waals surface area contributed by atoms with Gasteiger partial charge in [-0.05, 0) is 64.7 Å². The maximum Gasteiger partial charge on any atom is 0.225 e. The minimum Gasteiger partial charge on any atom is -0.396 e. The first-order valence-electron chi connectivity index (χ1n) is 15.4. The van der Waals surface area contributed by atoms with E-state index in [1.54, 1.807) is 11.3 Å². The molecule has 3 N–H and O–H groups in total. The summed E-state index contributed by atoms with van der Waals surface area (Å²) in [5.74, 6) is 1.76. The number of hydrogen-bond donors (Lipinski definition) is 3. The monoisotopic (exact) mass is 594 g/mol. The van der Waals surface area contributed by atoms with Crippen LogP contribution in [0.4, 0.5) is 11.8 Å². The standard InChI is InChI=1S/C27H37N5OS.C3H5N.2C2H6/c1-6-20(16-33)12-15-28-24-23(25-30-22(7-2)19(5)34-25)18(4)29-26(31-24)32-27(13-14-27)21-10-8-17(3)9-11-21;1-3-4-2;2*1-2/h8-11,20,33H,6-7,12-16H2,1-5H3,(H2,28,29,31,32);3H,1-2H2;2*1-2H3. The summed E-state index contributed by atoms with van der Waals surface area (Å²) >= 11 is 1.71. The predicted molar refractivity (Wildman–Crippen MR) is 184 cm³/mol. The Bertz CT molecular complexity index is 1210. The first kappa shape index (κ1) is 36.9. The molecule has 1 fully saturated rings.